The fourth-order valence-corrected chi connectivity index (χ4v) is 1.94. The maximum atomic E-state index is 13.1. The van der Waals surface area contributed by atoms with Gasteiger partial charge in [-0.3, -0.25) is 4.79 Å². The third-order valence-corrected chi connectivity index (χ3v) is 3.95. The first-order valence-electron chi connectivity index (χ1n) is 6.38. The van der Waals surface area contributed by atoms with Gasteiger partial charge >= 0.3 is 0 Å². The minimum absolute atomic E-state index is 0.204. The van der Waals surface area contributed by atoms with Gasteiger partial charge in [0, 0.05) is 24.6 Å². The van der Waals surface area contributed by atoms with E-state index in [4.69, 9.17) is 0 Å². The number of rotatable bonds is 2. The lowest BCUT2D eigenvalue weighted by Gasteiger charge is -2.27. The number of Topliss-reactive ketones (excluding diaryl/α,β-unsaturated/α-hetero) is 1. The molecule has 2 aliphatic carbocycles. The second kappa shape index (κ2) is 6.32. The van der Waals surface area contributed by atoms with Crippen LogP contribution in [-0.4, -0.2) is 11.8 Å². The van der Waals surface area contributed by atoms with Crippen LogP contribution in [0.5, 0.6) is 0 Å². The Labute approximate surface area is 115 Å². The van der Waals surface area contributed by atoms with E-state index in [9.17, 15) is 9.18 Å². The largest absolute Gasteiger partial charge is 0.382 e. The maximum Gasteiger partial charge on any atom is 0.139 e. The minimum atomic E-state index is -0.204. The zero-order valence-corrected chi connectivity index (χ0v) is 11.8. The number of benzene rings is 1. The Morgan fingerprint density at radius 1 is 1.22 bits per heavy atom. The first-order chi connectivity index (χ1) is 8.65. The standard InChI is InChI=1S/C10H11BrFN.C4H6O/c11-9-5-4-8(6-10(9)12)13-7-2-1-3-7;5-4-2-1-3-4/h4-7,13H,1-3H2;1-3H2. The number of nitrogens with one attached hydrogen (secondary N) is 1. The van der Waals surface area contributed by atoms with Crippen LogP contribution in [0.4, 0.5) is 10.1 Å². The van der Waals surface area contributed by atoms with Crippen molar-refractivity contribution in [3.8, 4) is 0 Å². The number of hydrogen-bond donors (Lipinski definition) is 1. The first kappa shape index (κ1) is 13.5. The van der Waals surface area contributed by atoms with Gasteiger partial charge in [0.1, 0.15) is 11.6 Å². The summed E-state index contributed by atoms with van der Waals surface area (Å²) in [6.45, 7) is 0. The van der Waals surface area contributed by atoms with Crippen molar-refractivity contribution in [1.29, 1.82) is 0 Å². The van der Waals surface area contributed by atoms with E-state index in [0.717, 1.165) is 24.9 Å². The van der Waals surface area contributed by atoms with Crippen molar-refractivity contribution in [3.63, 3.8) is 0 Å². The lowest BCUT2D eigenvalue weighted by Crippen LogP contribution is -2.26. The van der Waals surface area contributed by atoms with Gasteiger partial charge in [-0.2, -0.15) is 0 Å². The summed E-state index contributed by atoms with van der Waals surface area (Å²) in [6, 6.07) is 5.71. The van der Waals surface area contributed by atoms with Crippen LogP contribution >= 0.6 is 15.9 Å². The van der Waals surface area contributed by atoms with Crippen LogP contribution in [0.15, 0.2) is 22.7 Å². The molecule has 0 amide bonds. The summed E-state index contributed by atoms with van der Waals surface area (Å²) in [5, 5.41) is 3.29. The highest BCUT2D eigenvalue weighted by Crippen LogP contribution is 2.25. The smallest absolute Gasteiger partial charge is 0.139 e. The Morgan fingerprint density at radius 3 is 2.28 bits per heavy atom. The summed E-state index contributed by atoms with van der Waals surface area (Å²) in [5.74, 6) is 0.231. The van der Waals surface area contributed by atoms with Crippen molar-refractivity contribution < 1.29 is 9.18 Å². The topological polar surface area (TPSA) is 29.1 Å². The molecule has 0 unspecified atom stereocenters. The molecule has 2 nitrogen and oxygen atoms in total. The molecule has 1 aromatic carbocycles. The minimum Gasteiger partial charge on any atom is -0.382 e. The average Bonchev–Trinajstić information content (AvgIpc) is 2.26. The molecule has 18 heavy (non-hydrogen) atoms. The number of anilines is 1. The molecule has 0 heterocycles. The monoisotopic (exact) mass is 313 g/mol. The van der Waals surface area contributed by atoms with Gasteiger partial charge in [0.2, 0.25) is 0 Å². The van der Waals surface area contributed by atoms with Gasteiger partial charge in [0.05, 0.1) is 4.47 Å². The van der Waals surface area contributed by atoms with Crippen LogP contribution in [0.2, 0.25) is 0 Å². The van der Waals surface area contributed by atoms with E-state index in [2.05, 4.69) is 21.2 Å². The van der Waals surface area contributed by atoms with Gasteiger partial charge in [0.25, 0.3) is 0 Å². The van der Waals surface area contributed by atoms with Crippen LogP contribution in [0, 0.1) is 5.82 Å². The molecule has 2 fully saturated rings. The van der Waals surface area contributed by atoms with Gasteiger partial charge in [0.15, 0.2) is 0 Å². The Morgan fingerprint density at radius 2 is 1.89 bits per heavy atom. The van der Waals surface area contributed by atoms with Crippen molar-refractivity contribution in [2.45, 2.75) is 44.6 Å². The van der Waals surface area contributed by atoms with E-state index in [1.54, 1.807) is 6.07 Å². The SMILES string of the molecule is Fc1cc(NC2CCC2)ccc1Br.O=C1CCC1. The lowest BCUT2D eigenvalue weighted by molar-refractivity contribution is -0.123. The molecule has 0 saturated heterocycles. The van der Waals surface area contributed by atoms with E-state index >= 15 is 0 Å². The molecule has 1 N–H and O–H groups in total. The quantitative estimate of drug-likeness (QED) is 0.882. The van der Waals surface area contributed by atoms with Gasteiger partial charge in [-0.25, -0.2) is 4.39 Å². The van der Waals surface area contributed by atoms with Crippen molar-refractivity contribution in [2.24, 2.45) is 0 Å². The fourth-order valence-electron chi connectivity index (χ4n) is 1.70. The highest BCUT2D eigenvalue weighted by molar-refractivity contribution is 9.10. The summed E-state index contributed by atoms with van der Waals surface area (Å²) in [4.78, 5) is 9.90. The summed E-state index contributed by atoms with van der Waals surface area (Å²) in [7, 11) is 0. The molecular weight excluding hydrogens is 297 g/mol. The fraction of sp³-hybridized carbons (Fsp3) is 0.500. The van der Waals surface area contributed by atoms with Crippen molar-refractivity contribution in [2.75, 3.05) is 5.32 Å². The van der Waals surface area contributed by atoms with Gasteiger partial charge in [-0.05, 0) is 59.8 Å². The summed E-state index contributed by atoms with van der Waals surface area (Å²) < 4.78 is 13.6. The van der Waals surface area contributed by atoms with Crippen molar-refractivity contribution >= 4 is 27.4 Å². The molecule has 1 aromatic rings. The Kier molecular flexibility index (Phi) is 4.75. The van der Waals surface area contributed by atoms with E-state index in [0.29, 0.717) is 16.3 Å². The first-order valence-corrected chi connectivity index (χ1v) is 7.18. The molecule has 2 saturated carbocycles. The third-order valence-electron chi connectivity index (χ3n) is 3.31. The molecule has 0 bridgehead atoms. The molecule has 0 spiro atoms. The molecule has 2 aliphatic rings. The predicted octanol–water partition coefficient (Wildman–Crippen LogP) is 4.29. The number of ketones is 1. The molecule has 0 aliphatic heterocycles. The van der Waals surface area contributed by atoms with Crippen LogP contribution in [0.1, 0.15) is 38.5 Å². The number of carbonyl (C=O) groups is 1. The van der Waals surface area contributed by atoms with Crippen molar-refractivity contribution in [1.82, 2.24) is 0 Å². The second-order valence-electron chi connectivity index (χ2n) is 4.79. The Bertz CT molecular complexity index is 426. The van der Waals surface area contributed by atoms with E-state index in [-0.39, 0.29) is 5.82 Å². The number of hydrogen-bond acceptors (Lipinski definition) is 2. The summed E-state index contributed by atoms with van der Waals surface area (Å²) >= 11 is 3.12. The Balaban J connectivity index is 0.000000202. The summed E-state index contributed by atoms with van der Waals surface area (Å²) in [5.41, 5.74) is 0.880. The van der Waals surface area contributed by atoms with E-state index in [1.165, 1.54) is 25.3 Å². The molecule has 0 radical (unpaired) electrons. The zero-order chi connectivity index (χ0) is 13.0. The highest BCUT2D eigenvalue weighted by Gasteiger charge is 2.16. The van der Waals surface area contributed by atoms with Gasteiger partial charge < -0.3 is 5.32 Å². The van der Waals surface area contributed by atoms with E-state index < -0.39 is 0 Å². The second-order valence-corrected chi connectivity index (χ2v) is 5.65. The van der Waals surface area contributed by atoms with E-state index in [1.807, 2.05) is 6.07 Å². The third kappa shape index (κ3) is 3.80. The molecule has 0 atom stereocenters. The molecule has 4 heteroatoms. The Hall–Kier alpha value is -0.900. The zero-order valence-electron chi connectivity index (χ0n) is 10.2. The van der Waals surface area contributed by atoms with Crippen molar-refractivity contribution in [3.05, 3.63) is 28.5 Å². The van der Waals surface area contributed by atoms with Crippen LogP contribution in [0.25, 0.3) is 0 Å². The molecule has 0 aromatic heterocycles. The summed E-state index contributed by atoms with van der Waals surface area (Å²) in [6.07, 6.45) is 6.53. The number of carbonyl (C=O) groups excluding carboxylic acids is 1. The van der Waals surface area contributed by atoms with Crippen LogP contribution in [-0.2, 0) is 4.79 Å². The maximum absolute atomic E-state index is 13.1. The van der Waals surface area contributed by atoms with Crippen LogP contribution < -0.4 is 5.32 Å². The highest BCUT2D eigenvalue weighted by atomic mass is 79.9. The number of halogens is 2. The van der Waals surface area contributed by atoms with Crippen LogP contribution in [0.3, 0.4) is 0 Å². The lowest BCUT2D eigenvalue weighted by atomic mass is 9.93. The molecule has 3 rings (SSSR count). The van der Waals surface area contributed by atoms with Gasteiger partial charge in [-0.15, -0.1) is 0 Å². The molecular formula is C14H17BrFNO. The predicted molar refractivity (Wildman–Crippen MR) is 74.2 cm³/mol. The molecule has 98 valence electrons. The average molecular weight is 314 g/mol. The normalized spacial score (nSPS) is 18.2. The van der Waals surface area contributed by atoms with Gasteiger partial charge in [-0.1, -0.05) is 0 Å².